The maximum absolute atomic E-state index is 8.25. The van der Waals surface area contributed by atoms with E-state index >= 15 is 0 Å². The Kier molecular flexibility index (Phi) is 83.0. The molecule has 0 bridgehead atoms. The summed E-state index contributed by atoms with van der Waals surface area (Å²) in [5, 5.41) is 23.0. The minimum Gasteiger partial charge on any atom is -0.857 e. The van der Waals surface area contributed by atoms with Gasteiger partial charge in [0.2, 0.25) is 0 Å². The maximum Gasteiger partial charge on any atom is 1.00 e. The van der Waals surface area contributed by atoms with Crippen LogP contribution in [-0.2, 0) is 0 Å². The van der Waals surface area contributed by atoms with Crippen LogP contribution in [0, 0.1) is 15.3 Å². The minimum absolute atomic E-state index is 0. The second kappa shape index (κ2) is 27.4. The third kappa shape index (κ3) is 11100. The zero-order chi connectivity index (χ0) is 5.58. The van der Waals surface area contributed by atoms with Crippen molar-refractivity contribution in [3.05, 3.63) is 15.3 Å². The van der Waals surface area contributed by atoms with Crippen molar-refractivity contribution in [2.24, 2.45) is 0 Å². The molecular formula is CH7N2NaO4. The summed E-state index contributed by atoms with van der Waals surface area (Å²) in [6, 6.07) is 0. The summed E-state index contributed by atoms with van der Waals surface area (Å²) in [6.45, 7) is 0. The molecule has 46 valence electrons. The van der Waals surface area contributed by atoms with Gasteiger partial charge in [0.25, 0.3) is 0 Å². The molecule has 0 aliphatic carbocycles. The molecule has 0 rings (SSSR count). The van der Waals surface area contributed by atoms with Crippen LogP contribution in [-0.4, -0.2) is 12.2 Å². The summed E-state index contributed by atoms with van der Waals surface area (Å²) in [4.78, 5) is 8.25. The Labute approximate surface area is 68.5 Å². The summed E-state index contributed by atoms with van der Waals surface area (Å²) < 4.78 is 0. The molecule has 0 aromatic carbocycles. The molecule has 0 aliphatic rings. The van der Waals surface area contributed by atoms with Crippen LogP contribution < -0.4 is 40.8 Å². The van der Waals surface area contributed by atoms with Crippen molar-refractivity contribution in [2.75, 3.05) is 7.11 Å². The molecule has 0 spiro atoms. The molecule has 4 N–H and O–H groups in total. The second-order valence-electron chi connectivity index (χ2n) is 0.224. The first-order valence-corrected chi connectivity index (χ1v) is 0.956. The van der Waals surface area contributed by atoms with E-state index in [2.05, 4.69) is 0 Å². The monoisotopic (exact) mass is 134 g/mol. The number of rotatable bonds is 0. The van der Waals surface area contributed by atoms with E-state index in [1.807, 2.05) is 0 Å². The quantitative estimate of drug-likeness (QED) is 0.206. The van der Waals surface area contributed by atoms with Crippen molar-refractivity contribution >= 4 is 0 Å². The molecular weight excluding hydrogens is 127 g/mol. The van der Waals surface area contributed by atoms with Crippen LogP contribution in [0.1, 0.15) is 0 Å². The second-order valence-corrected chi connectivity index (χ2v) is 0.224. The minimum atomic E-state index is -1.75. The van der Waals surface area contributed by atoms with Gasteiger partial charge in [-0.05, 0) is 0 Å². The fourth-order valence-electron chi connectivity index (χ4n) is 0. The molecule has 0 heterocycles. The van der Waals surface area contributed by atoms with Crippen LogP contribution in [0.3, 0.4) is 0 Å². The van der Waals surface area contributed by atoms with E-state index in [0.29, 0.717) is 0 Å². The first kappa shape index (κ1) is 24.3. The van der Waals surface area contributed by atoms with Gasteiger partial charge < -0.3 is 26.6 Å². The Balaban J connectivity index is -0.0000000183. The van der Waals surface area contributed by atoms with E-state index in [4.69, 9.17) is 20.4 Å². The van der Waals surface area contributed by atoms with Crippen molar-refractivity contribution in [3.63, 3.8) is 0 Å². The van der Waals surface area contributed by atoms with Crippen molar-refractivity contribution in [2.45, 2.75) is 0 Å². The van der Waals surface area contributed by atoms with Gasteiger partial charge in [-0.2, -0.15) is 7.11 Å². The molecule has 0 amide bonds. The zero-order valence-electron chi connectivity index (χ0n) is 5.08. The van der Waals surface area contributed by atoms with Gasteiger partial charge in [-0.1, -0.05) is 0 Å². The summed E-state index contributed by atoms with van der Waals surface area (Å²) in [5.74, 6) is 0. The Morgan fingerprint density at radius 3 is 1.25 bits per heavy atom. The number of hydrogen-bond donors (Lipinski definition) is 1. The largest absolute Gasteiger partial charge is 1.00 e. The smallest absolute Gasteiger partial charge is 0.857 e. The molecule has 7 heteroatoms. The Morgan fingerprint density at radius 2 is 1.25 bits per heavy atom. The molecule has 0 saturated heterocycles. The normalized spacial score (nSPS) is 3.75. The van der Waals surface area contributed by atoms with Crippen LogP contribution in [0.25, 0.3) is 0 Å². The fraction of sp³-hybridized carbons (Fsp3) is 1.00. The van der Waals surface area contributed by atoms with Crippen LogP contribution in [0.15, 0.2) is 0 Å². The number of quaternary nitrogens is 1. The van der Waals surface area contributed by atoms with E-state index in [-0.39, 0.29) is 35.7 Å². The molecule has 0 unspecified atom stereocenters. The summed E-state index contributed by atoms with van der Waals surface area (Å²) in [6.07, 6.45) is 0. The maximum atomic E-state index is 8.25. The first-order valence-electron chi connectivity index (χ1n) is 0.956. The van der Waals surface area contributed by atoms with Crippen LogP contribution in [0.5, 0.6) is 0 Å². The molecule has 8 heavy (non-hydrogen) atoms. The third-order valence-electron chi connectivity index (χ3n) is 0. The average molecular weight is 134 g/mol. The molecule has 6 nitrogen and oxygen atoms in total. The van der Waals surface area contributed by atoms with Gasteiger partial charge in [-0.25, -0.2) is 0 Å². The summed E-state index contributed by atoms with van der Waals surface area (Å²) in [7, 11) is 0.750. The first-order chi connectivity index (χ1) is 2.73. The van der Waals surface area contributed by atoms with Gasteiger partial charge in [0, 0.05) is 0 Å². The Hall–Kier alpha value is 0.120. The standard InChI is InChI=1S/CH3O.NO3.H3N.Na/c1-2;2-1(3)4;;/h1H3;;1H3;/q2*-1;;+1/p+1. The van der Waals surface area contributed by atoms with E-state index in [1.165, 1.54) is 0 Å². The summed E-state index contributed by atoms with van der Waals surface area (Å²) in [5.41, 5.74) is 0. The van der Waals surface area contributed by atoms with Crippen LogP contribution >= 0.6 is 0 Å². The van der Waals surface area contributed by atoms with E-state index < -0.39 is 5.09 Å². The van der Waals surface area contributed by atoms with Crippen LogP contribution in [0.2, 0.25) is 0 Å². The Bertz CT molecular complexity index is 37.0. The van der Waals surface area contributed by atoms with Gasteiger partial charge in [0.05, 0.1) is 5.09 Å². The van der Waals surface area contributed by atoms with Gasteiger partial charge in [0.1, 0.15) is 0 Å². The van der Waals surface area contributed by atoms with Crippen molar-refractivity contribution < 1.29 is 39.8 Å². The molecule has 0 aromatic heterocycles. The van der Waals surface area contributed by atoms with Crippen molar-refractivity contribution in [1.29, 1.82) is 0 Å². The van der Waals surface area contributed by atoms with Gasteiger partial charge >= 0.3 is 29.6 Å². The molecule has 0 atom stereocenters. The molecule has 0 radical (unpaired) electrons. The van der Waals surface area contributed by atoms with Gasteiger partial charge in [-0.3, -0.25) is 0 Å². The SMILES string of the molecule is C[O-].O=[N+]([O-])[O-].[NH4+].[Na+]. The zero-order valence-corrected chi connectivity index (χ0v) is 7.08. The van der Waals surface area contributed by atoms with E-state index in [1.54, 1.807) is 0 Å². The predicted molar refractivity (Wildman–Crippen MR) is 22.3 cm³/mol. The average Bonchev–Trinajstić information content (AvgIpc) is 1.41. The van der Waals surface area contributed by atoms with Crippen LogP contribution in [0.4, 0.5) is 0 Å². The van der Waals surface area contributed by atoms with Gasteiger partial charge in [-0.15, -0.1) is 0 Å². The van der Waals surface area contributed by atoms with Crippen molar-refractivity contribution in [1.82, 2.24) is 6.15 Å². The molecule has 0 fully saturated rings. The van der Waals surface area contributed by atoms with E-state index in [9.17, 15) is 0 Å². The fourth-order valence-corrected chi connectivity index (χ4v) is 0. The Morgan fingerprint density at radius 1 is 1.25 bits per heavy atom. The van der Waals surface area contributed by atoms with E-state index in [0.717, 1.165) is 7.11 Å². The van der Waals surface area contributed by atoms with Crippen molar-refractivity contribution in [3.8, 4) is 0 Å². The van der Waals surface area contributed by atoms with Gasteiger partial charge in [0.15, 0.2) is 0 Å². The molecule has 0 aliphatic heterocycles. The number of hydrogen-bond acceptors (Lipinski definition) is 4. The summed E-state index contributed by atoms with van der Waals surface area (Å²) >= 11 is 0. The molecule has 0 aromatic rings. The third-order valence-corrected chi connectivity index (χ3v) is 0. The molecule has 0 saturated carbocycles. The topological polar surface area (TPSA) is 126 Å². The number of nitrogens with zero attached hydrogens (tertiary/aromatic N) is 1. The predicted octanol–water partition coefficient (Wildman–Crippen LogP) is -3.88.